The fraction of sp³-hybridized carbons (Fsp3) is 0.250. The van der Waals surface area contributed by atoms with Gasteiger partial charge in [-0.15, -0.1) is 0 Å². The lowest BCUT2D eigenvalue weighted by Crippen LogP contribution is -2.31. The number of rotatable bonds is 3. The van der Waals surface area contributed by atoms with E-state index in [2.05, 4.69) is 36.2 Å². The Balaban J connectivity index is 2.14. The van der Waals surface area contributed by atoms with Crippen LogP contribution in [0.4, 0.5) is 10.6 Å². The largest absolute Gasteiger partial charge is 0.465 e. The van der Waals surface area contributed by atoms with Crippen LogP contribution in [-0.2, 0) is 6.54 Å². The first-order chi connectivity index (χ1) is 10.9. The molecule has 0 fully saturated rings. The second-order valence-electron chi connectivity index (χ2n) is 4.68. The third-order valence-electron chi connectivity index (χ3n) is 3.01. The summed E-state index contributed by atoms with van der Waals surface area (Å²) in [6.07, 6.45) is -1.21. The lowest BCUT2D eigenvalue weighted by molar-refractivity contribution is 0.200. The molecule has 1 amide bonds. The minimum Gasteiger partial charge on any atom is -0.465 e. The zero-order valence-corrected chi connectivity index (χ0v) is 14.3. The van der Waals surface area contributed by atoms with Gasteiger partial charge in [0.2, 0.25) is 5.89 Å². The van der Waals surface area contributed by atoms with Crippen LogP contribution in [0.5, 0.6) is 0 Å². The van der Waals surface area contributed by atoms with Crippen LogP contribution < -0.4 is 4.90 Å². The maximum atomic E-state index is 11.7. The molecule has 3 heterocycles. The quantitative estimate of drug-likeness (QED) is 0.672. The SMILES string of the molecule is Cc1noc(CN(C(=O)O)c2cc(Cl)nc3c(Br)c(C)nn23)n1. The van der Waals surface area contributed by atoms with Gasteiger partial charge >= 0.3 is 6.09 Å². The molecule has 1 N–H and O–H groups in total. The molecule has 3 rings (SSSR count). The summed E-state index contributed by atoms with van der Waals surface area (Å²) in [6.45, 7) is 3.28. The molecule has 0 aliphatic rings. The average molecular weight is 402 g/mol. The van der Waals surface area contributed by atoms with Crippen LogP contribution in [0.25, 0.3) is 5.65 Å². The number of hydrogen-bond donors (Lipinski definition) is 1. The van der Waals surface area contributed by atoms with E-state index >= 15 is 0 Å². The molecule has 0 spiro atoms. The van der Waals surface area contributed by atoms with Crippen molar-refractivity contribution in [2.45, 2.75) is 20.4 Å². The normalized spacial score (nSPS) is 11.1. The number of carbonyl (C=O) groups is 1. The van der Waals surface area contributed by atoms with Crippen molar-refractivity contribution in [1.29, 1.82) is 0 Å². The van der Waals surface area contributed by atoms with E-state index in [1.54, 1.807) is 13.8 Å². The summed E-state index contributed by atoms with van der Waals surface area (Å²) in [5.41, 5.74) is 1.07. The fourth-order valence-electron chi connectivity index (χ4n) is 2.03. The minimum atomic E-state index is -1.21. The van der Waals surface area contributed by atoms with Crippen LogP contribution in [0.15, 0.2) is 15.1 Å². The van der Waals surface area contributed by atoms with Crippen LogP contribution in [0.2, 0.25) is 5.15 Å². The zero-order chi connectivity index (χ0) is 16.7. The zero-order valence-electron chi connectivity index (χ0n) is 12.0. The molecule has 23 heavy (non-hydrogen) atoms. The fourth-order valence-corrected chi connectivity index (χ4v) is 2.55. The lowest BCUT2D eigenvalue weighted by atomic mass is 10.4. The topological polar surface area (TPSA) is 110 Å². The second-order valence-corrected chi connectivity index (χ2v) is 5.86. The highest BCUT2D eigenvalue weighted by atomic mass is 79.9. The first kappa shape index (κ1) is 15.7. The Morgan fingerprint density at radius 2 is 2.22 bits per heavy atom. The summed E-state index contributed by atoms with van der Waals surface area (Å²) < 4.78 is 7.01. The van der Waals surface area contributed by atoms with E-state index in [1.165, 1.54) is 10.6 Å². The minimum absolute atomic E-state index is 0.137. The second kappa shape index (κ2) is 5.78. The van der Waals surface area contributed by atoms with Crippen LogP contribution in [-0.4, -0.2) is 35.9 Å². The van der Waals surface area contributed by atoms with Crippen molar-refractivity contribution in [2.75, 3.05) is 4.90 Å². The first-order valence-corrected chi connectivity index (χ1v) is 7.55. The third kappa shape index (κ3) is 2.86. The number of anilines is 1. The Morgan fingerprint density at radius 1 is 1.48 bits per heavy atom. The molecule has 11 heteroatoms. The molecule has 0 aromatic carbocycles. The predicted octanol–water partition coefficient (Wildman–Crippen LogP) is 2.83. The Morgan fingerprint density at radius 3 is 2.83 bits per heavy atom. The molecule has 3 aromatic rings. The number of halogens is 2. The molecule has 0 radical (unpaired) electrons. The third-order valence-corrected chi connectivity index (χ3v) is 4.14. The molecule has 0 saturated heterocycles. The molecule has 0 bridgehead atoms. The lowest BCUT2D eigenvalue weighted by Gasteiger charge is -2.18. The summed E-state index contributed by atoms with van der Waals surface area (Å²) in [5.74, 6) is 0.798. The Kier molecular flexibility index (Phi) is 3.94. The van der Waals surface area contributed by atoms with Gasteiger partial charge in [-0.05, 0) is 29.8 Å². The van der Waals surface area contributed by atoms with Gasteiger partial charge in [-0.2, -0.15) is 14.6 Å². The molecule has 0 aliphatic heterocycles. The van der Waals surface area contributed by atoms with E-state index in [0.29, 0.717) is 21.6 Å². The van der Waals surface area contributed by atoms with Gasteiger partial charge in [0.05, 0.1) is 10.2 Å². The van der Waals surface area contributed by atoms with Gasteiger partial charge in [0.25, 0.3) is 0 Å². The highest BCUT2D eigenvalue weighted by Crippen LogP contribution is 2.28. The monoisotopic (exact) mass is 400 g/mol. The summed E-state index contributed by atoms with van der Waals surface area (Å²) in [6, 6.07) is 1.41. The molecule has 9 nitrogen and oxygen atoms in total. The molecule has 0 saturated carbocycles. The Hall–Kier alpha value is -2.20. The van der Waals surface area contributed by atoms with Crippen molar-refractivity contribution in [3.8, 4) is 0 Å². The standard InChI is InChI=1S/C12H10BrClN6O3/c1-5-10(13)11-16-7(14)3-9(20(11)17-5)19(12(21)22)4-8-15-6(2)18-23-8/h3H,4H2,1-2H3,(H,21,22). The van der Waals surface area contributed by atoms with Crippen molar-refractivity contribution in [2.24, 2.45) is 0 Å². The van der Waals surface area contributed by atoms with Gasteiger partial charge in [0, 0.05) is 6.07 Å². The van der Waals surface area contributed by atoms with E-state index in [1.807, 2.05) is 0 Å². The van der Waals surface area contributed by atoms with E-state index in [0.717, 1.165) is 4.90 Å². The number of nitrogens with zero attached hydrogens (tertiary/aromatic N) is 6. The van der Waals surface area contributed by atoms with E-state index < -0.39 is 6.09 Å². The van der Waals surface area contributed by atoms with Gasteiger partial charge < -0.3 is 9.63 Å². The van der Waals surface area contributed by atoms with E-state index in [-0.39, 0.29) is 23.4 Å². The van der Waals surface area contributed by atoms with Crippen molar-refractivity contribution in [3.63, 3.8) is 0 Å². The molecule has 120 valence electrons. The number of amides is 1. The number of aromatic nitrogens is 5. The summed E-state index contributed by atoms with van der Waals surface area (Å²) >= 11 is 9.38. The summed E-state index contributed by atoms with van der Waals surface area (Å²) in [7, 11) is 0. The number of aryl methyl sites for hydroxylation is 2. The first-order valence-electron chi connectivity index (χ1n) is 6.38. The molecular weight excluding hydrogens is 392 g/mol. The van der Waals surface area contributed by atoms with Crippen LogP contribution >= 0.6 is 27.5 Å². The van der Waals surface area contributed by atoms with Crippen molar-refractivity contribution in [1.82, 2.24) is 24.7 Å². The average Bonchev–Trinajstić information content (AvgIpc) is 3.01. The van der Waals surface area contributed by atoms with Crippen molar-refractivity contribution < 1.29 is 14.4 Å². The Bertz CT molecular complexity index is 908. The maximum absolute atomic E-state index is 11.7. The van der Waals surface area contributed by atoms with Gasteiger partial charge in [-0.1, -0.05) is 16.8 Å². The Labute approximate surface area is 143 Å². The van der Waals surface area contributed by atoms with Crippen molar-refractivity contribution >= 4 is 45.1 Å². The number of hydrogen-bond acceptors (Lipinski definition) is 6. The van der Waals surface area contributed by atoms with Gasteiger partial charge in [0.1, 0.15) is 17.5 Å². The predicted molar refractivity (Wildman–Crippen MR) is 83.7 cm³/mol. The van der Waals surface area contributed by atoms with Crippen LogP contribution in [0.1, 0.15) is 17.4 Å². The van der Waals surface area contributed by atoms with Gasteiger partial charge in [-0.3, -0.25) is 4.90 Å². The van der Waals surface area contributed by atoms with E-state index in [4.69, 9.17) is 16.1 Å². The van der Waals surface area contributed by atoms with Gasteiger partial charge in [0.15, 0.2) is 11.5 Å². The number of carboxylic acid groups (broad SMARTS) is 1. The molecular formula is C12H10BrClN6O3. The smallest absolute Gasteiger partial charge is 0.413 e. The molecule has 0 unspecified atom stereocenters. The molecule has 3 aromatic heterocycles. The molecule has 0 aliphatic carbocycles. The summed E-state index contributed by atoms with van der Waals surface area (Å²) in [4.78, 5) is 20.9. The van der Waals surface area contributed by atoms with Crippen molar-refractivity contribution in [3.05, 3.63) is 33.1 Å². The summed E-state index contributed by atoms with van der Waals surface area (Å²) in [5, 5.41) is 17.6. The van der Waals surface area contributed by atoms with Crippen LogP contribution in [0.3, 0.4) is 0 Å². The maximum Gasteiger partial charge on any atom is 0.413 e. The highest BCUT2D eigenvalue weighted by Gasteiger charge is 2.24. The molecule has 0 atom stereocenters. The van der Waals surface area contributed by atoms with E-state index in [9.17, 15) is 9.90 Å². The highest BCUT2D eigenvalue weighted by molar-refractivity contribution is 9.10. The number of fused-ring (bicyclic) bond motifs is 1. The van der Waals surface area contributed by atoms with Crippen LogP contribution in [0, 0.1) is 13.8 Å². The van der Waals surface area contributed by atoms with Gasteiger partial charge in [-0.25, -0.2) is 9.78 Å².